The molecule has 2 rings (SSSR count). The number of fused-ring (bicyclic) bond motifs is 1. The van der Waals surface area contributed by atoms with Gasteiger partial charge in [0, 0.05) is 12.5 Å². The van der Waals surface area contributed by atoms with E-state index in [4.69, 9.17) is 19.7 Å². The molecule has 1 aromatic heterocycles. The van der Waals surface area contributed by atoms with Crippen LogP contribution in [0.5, 0.6) is 0 Å². The maximum Gasteiger partial charge on any atom is 0.420 e. The van der Waals surface area contributed by atoms with E-state index in [1.807, 2.05) is 19.2 Å². The van der Waals surface area contributed by atoms with Gasteiger partial charge in [0.1, 0.15) is 11.1 Å². The van der Waals surface area contributed by atoms with Crippen molar-refractivity contribution in [1.82, 2.24) is 10.3 Å². The van der Waals surface area contributed by atoms with Gasteiger partial charge < -0.3 is 19.7 Å². The van der Waals surface area contributed by atoms with Crippen LogP contribution in [0.2, 0.25) is 0 Å². The van der Waals surface area contributed by atoms with E-state index in [-0.39, 0.29) is 28.5 Å². The van der Waals surface area contributed by atoms with Crippen molar-refractivity contribution in [1.29, 1.82) is 0 Å². The molecular formula is C15H21F3N2O4. The van der Waals surface area contributed by atoms with Gasteiger partial charge in [0.25, 0.3) is 0 Å². The van der Waals surface area contributed by atoms with Crippen LogP contribution in [0, 0.1) is 0 Å². The Morgan fingerprint density at radius 2 is 1.75 bits per heavy atom. The summed E-state index contributed by atoms with van der Waals surface area (Å²) in [5.74, 6) is -0.0125. The first-order valence-electron chi connectivity index (χ1n) is 7.40. The summed E-state index contributed by atoms with van der Waals surface area (Å²) in [6, 6.07) is 2.12. The molecule has 24 heavy (non-hydrogen) atoms. The van der Waals surface area contributed by atoms with Gasteiger partial charge in [0.15, 0.2) is 11.5 Å². The van der Waals surface area contributed by atoms with Gasteiger partial charge in [-0.25, -0.2) is 10.3 Å². The van der Waals surface area contributed by atoms with Crippen molar-refractivity contribution in [3.63, 3.8) is 0 Å². The van der Waals surface area contributed by atoms with Gasteiger partial charge in [-0.15, -0.1) is 0 Å². The lowest BCUT2D eigenvalue weighted by atomic mass is 10.1. The van der Waals surface area contributed by atoms with Gasteiger partial charge in [-0.05, 0) is 17.7 Å². The van der Waals surface area contributed by atoms with Crippen molar-refractivity contribution in [2.24, 2.45) is 0 Å². The summed E-state index contributed by atoms with van der Waals surface area (Å²) in [5, 5.41) is 28.1. The largest absolute Gasteiger partial charge is 0.440 e. The van der Waals surface area contributed by atoms with Crippen LogP contribution in [0.4, 0.5) is 13.2 Å². The van der Waals surface area contributed by atoms with Gasteiger partial charge >= 0.3 is 12.3 Å². The van der Waals surface area contributed by atoms with E-state index in [0.29, 0.717) is 0 Å². The third kappa shape index (κ3) is 5.17. The number of aromatic nitrogens is 1. The summed E-state index contributed by atoms with van der Waals surface area (Å²) in [6.45, 7) is 7.06. The number of halogens is 3. The summed E-state index contributed by atoms with van der Waals surface area (Å²) in [5.41, 5.74) is -1.32. The Labute approximate surface area is 136 Å². The normalized spacial score (nSPS) is 12.5. The van der Waals surface area contributed by atoms with Gasteiger partial charge in [0.2, 0.25) is 0 Å². The van der Waals surface area contributed by atoms with Crippen LogP contribution in [0.1, 0.15) is 50.6 Å². The second-order valence-corrected chi connectivity index (χ2v) is 5.19. The predicted molar refractivity (Wildman–Crippen MR) is 80.7 cm³/mol. The molecule has 0 aliphatic heterocycles. The lowest BCUT2D eigenvalue weighted by Crippen LogP contribution is -2.44. The molecule has 0 atom stereocenters. The Morgan fingerprint density at radius 1 is 1.17 bits per heavy atom. The number of rotatable bonds is 4. The third-order valence-electron chi connectivity index (χ3n) is 2.90. The number of hydrogen-bond acceptors (Lipinski definition) is 6. The van der Waals surface area contributed by atoms with Crippen molar-refractivity contribution in [2.75, 3.05) is 0 Å². The topological polar surface area (TPSA) is 98.8 Å². The number of benzene rings is 1. The number of hydrogen-bond donors (Lipinski definition) is 4. The van der Waals surface area contributed by atoms with Crippen molar-refractivity contribution in [2.45, 2.75) is 52.4 Å². The molecule has 0 radical (unpaired) electrons. The highest BCUT2D eigenvalue weighted by molar-refractivity contribution is 5.78. The quantitative estimate of drug-likeness (QED) is 0.633. The second-order valence-electron chi connectivity index (χ2n) is 5.19. The summed E-state index contributed by atoms with van der Waals surface area (Å²) in [6.07, 6.45) is -7.84. The molecule has 2 aromatic rings. The summed E-state index contributed by atoms with van der Waals surface area (Å²) in [7, 11) is 0. The monoisotopic (exact) mass is 350 g/mol. The zero-order valence-electron chi connectivity index (χ0n) is 13.8. The van der Waals surface area contributed by atoms with Gasteiger partial charge in [-0.3, -0.25) is 0 Å². The smallest absolute Gasteiger partial charge is 0.420 e. The van der Waals surface area contributed by atoms with Gasteiger partial charge in [-0.1, -0.05) is 27.7 Å². The second kappa shape index (κ2) is 7.47. The molecule has 0 saturated heterocycles. The first kappa shape index (κ1) is 20.4. The lowest BCUT2D eigenvalue weighted by Gasteiger charge is -2.16. The van der Waals surface area contributed by atoms with E-state index in [9.17, 15) is 13.2 Å². The maximum absolute atomic E-state index is 13.1. The van der Waals surface area contributed by atoms with Crippen LogP contribution >= 0.6 is 0 Å². The fourth-order valence-corrected chi connectivity index (χ4v) is 1.89. The van der Waals surface area contributed by atoms with Crippen LogP contribution in [0.3, 0.4) is 0 Å². The highest BCUT2D eigenvalue weighted by Gasteiger charge is 2.35. The molecule has 1 heterocycles. The van der Waals surface area contributed by atoms with Crippen LogP contribution in [-0.2, 0) is 12.7 Å². The number of nitrogens with zero attached hydrogens (tertiary/aromatic N) is 1. The molecule has 0 spiro atoms. The van der Waals surface area contributed by atoms with E-state index in [1.165, 1.54) is 6.07 Å². The predicted octanol–water partition coefficient (Wildman–Crippen LogP) is 2.67. The Kier molecular flexibility index (Phi) is 6.34. The van der Waals surface area contributed by atoms with Crippen LogP contribution in [0.25, 0.3) is 11.1 Å². The van der Waals surface area contributed by atoms with Crippen molar-refractivity contribution in [3.05, 3.63) is 29.2 Å². The molecular weight excluding hydrogens is 329 g/mol. The average Bonchev–Trinajstić information content (AvgIpc) is 2.88. The molecule has 0 aliphatic carbocycles. The van der Waals surface area contributed by atoms with Gasteiger partial charge in [0.05, 0.1) is 0 Å². The Balaban J connectivity index is 0.00000139. The SMILES string of the molecule is CC.CC(C)c1nc2cc(CNC(O)(O)O)cc(C(F)(F)F)c2o1. The minimum absolute atomic E-state index is 0.00902. The summed E-state index contributed by atoms with van der Waals surface area (Å²) < 4.78 is 44.6. The van der Waals surface area contributed by atoms with Crippen LogP contribution < -0.4 is 5.32 Å². The van der Waals surface area contributed by atoms with E-state index in [1.54, 1.807) is 13.8 Å². The van der Waals surface area contributed by atoms with E-state index < -0.39 is 24.4 Å². The molecule has 0 unspecified atom stereocenters. The average molecular weight is 350 g/mol. The molecule has 4 N–H and O–H groups in total. The Bertz CT molecular complexity index is 676. The minimum Gasteiger partial charge on any atom is -0.440 e. The molecule has 0 bridgehead atoms. The first-order valence-corrected chi connectivity index (χ1v) is 7.40. The number of aliphatic hydroxyl groups is 3. The molecule has 0 aliphatic rings. The lowest BCUT2D eigenvalue weighted by molar-refractivity contribution is -0.332. The van der Waals surface area contributed by atoms with Crippen LogP contribution in [-0.4, -0.2) is 26.4 Å². The van der Waals surface area contributed by atoms with E-state index >= 15 is 0 Å². The Morgan fingerprint density at radius 3 is 2.21 bits per heavy atom. The Hall–Kier alpha value is -1.68. The van der Waals surface area contributed by atoms with Crippen molar-refractivity contribution in [3.8, 4) is 0 Å². The molecule has 0 amide bonds. The minimum atomic E-state index is -4.66. The first-order chi connectivity index (χ1) is 11.0. The highest BCUT2D eigenvalue weighted by Crippen LogP contribution is 2.37. The van der Waals surface area contributed by atoms with Crippen molar-refractivity contribution >= 4 is 11.1 Å². The number of oxazole rings is 1. The van der Waals surface area contributed by atoms with Crippen molar-refractivity contribution < 1.29 is 32.9 Å². The molecule has 9 heteroatoms. The maximum atomic E-state index is 13.1. The zero-order valence-corrected chi connectivity index (χ0v) is 13.8. The molecule has 0 fully saturated rings. The van der Waals surface area contributed by atoms with Crippen LogP contribution in [0.15, 0.2) is 16.5 Å². The third-order valence-corrected chi connectivity index (χ3v) is 2.90. The molecule has 0 saturated carbocycles. The molecule has 136 valence electrons. The standard InChI is InChI=1S/C13H15F3N2O4.C2H6/c1-6(2)11-18-9-4-7(5-17-13(19,20)21)3-8(10(9)22-11)12(14,15)16;1-2/h3-4,6,17,19-21H,5H2,1-2H3;1-2H3. The summed E-state index contributed by atoms with van der Waals surface area (Å²) >= 11 is 0. The molecule has 6 nitrogen and oxygen atoms in total. The summed E-state index contributed by atoms with van der Waals surface area (Å²) in [4.78, 5) is 4.01. The zero-order chi connectivity index (χ0) is 18.7. The fourth-order valence-electron chi connectivity index (χ4n) is 1.89. The van der Waals surface area contributed by atoms with E-state index in [2.05, 4.69) is 4.98 Å². The fraction of sp³-hybridized carbons (Fsp3) is 0.533. The highest BCUT2D eigenvalue weighted by atomic mass is 19.4. The van der Waals surface area contributed by atoms with E-state index in [0.717, 1.165) is 6.07 Å². The van der Waals surface area contributed by atoms with Gasteiger partial charge in [-0.2, -0.15) is 13.2 Å². The number of nitrogens with one attached hydrogen (secondary N) is 1. The number of alkyl halides is 3. The molecule has 1 aromatic carbocycles.